The van der Waals surface area contributed by atoms with Gasteiger partial charge >= 0.3 is 0 Å². The van der Waals surface area contributed by atoms with Crippen LogP contribution in [0.1, 0.15) is 0 Å². The maximum absolute atomic E-state index is 11.6. The van der Waals surface area contributed by atoms with E-state index < -0.39 is 6.10 Å². The highest BCUT2D eigenvalue weighted by atomic mass is 16.5. The van der Waals surface area contributed by atoms with Crippen molar-refractivity contribution in [2.24, 2.45) is 0 Å². The summed E-state index contributed by atoms with van der Waals surface area (Å²) in [5.74, 6) is 0.734. The lowest BCUT2D eigenvalue weighted by Gasteiger charge is -2.33. The third kappa shape index (κ3) is 2.73. The lowest BCUT2D eigenvalue weighted by molar-refractivity contribution is -0.132. The van der Waals surface area contributed by atoms with Gasteiger partial charge in [0.1, 0.15) is 5.75 Å². The molecule has 18 heavy (non-hydrogen) atoms. The van der Waals surface area contributed by atoms with Gasteiger partial charge in [-0.2, -0.15) is 0 Å². The van der Waals surface area contributed by atoms with Crippen LogP contribution in [0.15, 0.2) is 24.3 Å². The molecule has 2 rings (SSSR count). The van der Waals surface area contributed by atoms with Crippen molar-refractivity contribution in [2.45, 2.75) is 6.10 Å². The third-order valence-corrected chi connectivity index (χ3v) is 3.02. The van der Waals surface area contributed by atoms with E-state index in [1.807, 2.05) is 24.3 Å². The fourth-order valence-electron chi connectivity index (χ4n) is 2.01. The van der Waals surface area contributed by atoms with Crippen molar-refractivity contribution in [3.8, 4) is 5.75 Å². The Morgan fingerprint density at radius 1 is 1.56 bits per heavy atom. The molecule has 1 aliphatic heterocycles. The molecule has 0 radical (unpaired) electrons. The Kier molecular flexibility index (Phi) is 4.04. The van der Waals surface area contributed by atoms with Crippen molar-refractivity contribution in [2.75, 3.05) is 38.8 Å². The number of hydrogen-bond acceptors (Lipinski definition) is 4. The summed E-state index contributed by atoms with van der Waals surface area (Å²) >= 11 is 0. The molecule has 0 spiro atoms. The molecule has 0 aliphatic carbocycles. The summed E-state index contributed by atoms with van der Waals surface area (Å²) in [4.78, 5) is 13.7. The molecular formula is C13H18N2O3. The first kappa shape index (κ1) is 12.7. The van der Waals surface area contributed by atoms with Crippen molar-refractivity contribution in [3.63, 3.8) is 0 Å². The highest BCUT2D eigenvalue weighted by Gasteiger charge is 2.26. The van der Waals surface area contributed by atoms with Crippen molar-refractivity contribution in [3.05, 3.63) is 24.3 Å². The molecule has 5 heteroatoms. The molecule has 1 aromatic carbocycles. The second kappa shape index (κ2) is 5.73. The first-order valence-corrected chi connectivity index (χ1v) is 5.97. The number of nitrogens with zero attached hydrogens (tertiary/aromatic N) is 1. The van der Waals surface area contributed by atoms with Gasteiger partial charge in [0, 0.05) is 25.3 Å². The topological polar surface area (TPSA) is 50.8 Å². The number of carbonyl (C=O) groups excluding carboxylic acids is 1. The summed E-state index contributed by atoms with van der Waals surface area (Å²) in [6.07, 6.45) is -0.407. The van der Waals surface area contributed by atoms with Crippen LogP contribution < -0.4 is 15.0 Å². The minimum absolute atomic E-state index is 0.0809. The first-order chi connectivity index (χ1) is 8.74. The van der Waals surface area contributed by atoms with E-state index in [0.717, 1.165) is 18.0 Å². The lowest BCUT2D eigenvalue weighted by Crippen LogP contribution is -2.49. The van der Waals surface area contributed by atoms with Gasteiger partial charge in [-0.3, -0.25) is 4.79 Å². The third-order valence-electron chi connectivity index (χ3n) is 3.02. The van der Waals surface area contributed by atoms with Crippen LogP contribution >= 0.6 is 0 Å². The van der Waals surface area contributed by atoms with E-state index in [0.29, 0.717) is 13.2 Å². The maximum atomic E-state index is 11.6. The Hall–Kier alpha value is -1.75. The monoisotopic (exact) mass is 250 g/mol. The van der Waals surface area contributed by atoms with Gasteiger partial charge in [-0.05, 0) is 12.1 Å². The lowest BCUT2D eigenvalue weighted by atomic mass is 10.2. The van der Waals surface area contributed by atoms with E-state index in [2.05, 4.69) is 10.2 Å². The number of amides is 1. The van der Waals surface area contributed by atoms with Crippen LogP contribution in [0.25, 0.3) is 0 Å². The molecule has 0 bridgehead atoms. The van der Waals surface area contributed by atoms with Gasteiger partial charge in [0.05, 0.1) is 20.3 Å². The Balaban J connectivity index is 2.10. The number of anilines is 1. The van der Waals surface area contributed by atoms with Crippen LogP contribution in [0.2, 0.25) is 0 Å². The molecule has 0 saturated carbocycles. The highest BCUT2D eigenvalue weighted by Crippen LogP contribution is 2.22. The van der Waals surface area contributed by atoms with Crippen LogP contribution in [-0.2, 0) is 9.53 Å². The van der Waals surface area contributed by atoms with E-state index in [9.17, 15) is 4.79 Å². The molecular weight excluding hydrogens is 232 g/mol. The minimum Gasteiger partial charge on any atom is -0.497 e. The normalized spacial score (nSPS) is 19.4. The fraction of sp³-hybridized carbons (Fsp3) is 0.462. The van der Waals surface area contributed by atoms with Gasteiger partial charge in [0.2, 0.25) is 0 Å². The molecule has 1 aromatic rings. The molecule has 0 aromatic heterocycles. The predicted octanol–water partition coefficient (Wildman–Crippen LogP) is 0.646. The summed E-state index contributed by atoms with van der Waals surface area (Å²) in [5.41, 5.74) is 1.05. The summed E-state index contributed by atoms with van der Waals surface area (Å²) < 4.78 is 10.7. The number of hydrogen-bond donors (Lipinski definition) is 1. The summed E-state index contributed by atoms with van der Waals surface area (Å²) in [6, 6.07) is 7.82. The zero-order valence-corrected chi connectivity index (χ0v) is 10.7. The Bertz CT molecular complexity index is 422. The summed E-state index contributed by atoms with van der Waals surface area (Å²) in [7, 11) is 3.27. The second-order valence-corrected chi connectivity index (χ2v) is 4.12. The van der Waals surface area contributed by atoms with Crippen LogP contribution in [0.5, 0.6) is 5.75 Å². The zero-order chi connectivity index (χ0) is 13.0. The summed E-state index contributed by atoms with van der Waals surface area (Å²) in [6.45, 7) is 1.89. The SMILES string of the molecule is CNC(=O)C1CN(c2cccc(OC)c2)CCO1. The Labute approximate surface area is 107 Å². The Morgan fingerprint density at radius 3 is 3.11 bits per heavy atom. The number of benzene rings is 1. The van der Waals surface area contributed by atoms with E-state index in [1.54, 1.807) is 14.2 Å². The van der Waals surface area contributed by atoms with E-state index in [-0.39, 0.29) is 5.91 Å². The van der Waals surface area contributed by atoms with Crippen molar-refractivity contribution in [1.29, 1.82) is 0 Å². The van der Waals surface area contributed by atoms with E-state index in [1.165, 1.54) is 0 Å². The molecule has 1 fully saturated rings. The maximum Gasteiger partial charge on any atom is 0.250 e. The minimum atomic E-state index is -0.407. The fourth-order valence-corrected chi connectivity index (χ4v) is 2.01. The zero-order valence-electron chi connectivity index (χ0n) is 10.7. The van der Waals surface area contributed by atoms with Gasteiger partial charge in [-0.1, -0.05) is 6.07 Å². The standard InChI is InChI=1S/C13H18N2O3/c1-14-13(16)12-9-15(6-7-18-12)10-4-3-5-11(8-10)17-2/h3-5,8,12H,6-7,9H2,1-2H3,(H,14,16). The molecule has 1 atom stereocenters. The number of rotatable bonds is 3. The van der Waals surface area contributed by atoms with Gasteiger partial charge in [0.15, 0.2) is 6.10 Å². The second-order valence-electron chi connectivity index (χ2n) is 4.12. The molecule has 98 valence electrons. The molecule has 1 amide bonds. The van der Waals surface area contributed by atoms with Gasteiger partial charge in [-0.15, -0.1) is 0 Å². The van der Waals surface area contributed by atoms with Crippen LogP contribution in [0.4, 0.5) is 5.69 Å². The molecule has 5 nitrogen and oxygen atoms in total. The average molecular weight is 250 g/mol. The highest BCUT2D eigenvalue weighted by molar-refractivity contribution is 5.81. The van der Waals surface area contributed by atoms with E-state index >= 15 is 0 Å². The van der Waals surface area contributed by atoms with Crippen LogP contribution in [0.3, 0.4) is 0 Å². The van der Waals surface area contributed by atoms with Crippen LogP contribution in [-0.4, -0.2) is 45.9 Å². The molecule has 1 saturated heterocycles. The summed E-state index contributed by atoms with van der Waals surface area (Å²) in [5, 5.41) is 2.61. The van der Waals surface area contributed by atoms with Gasteiger partial charge in [0.25, 0.3) is 5.91 Å². The average Bonchev–Trinajstić information content (AvgIpc) is 2.46. The molecule has 1 aliphatic rings. The quantitative estimate of drug-likeness (QED) is 0.855. The van der Waals surface area contributed by atoms with Gasteiger partial charge < -0.3 is 19.7 Å². The molecule has 1 unspecified atom stereocenters. The van der Waals surface area contributed by atoms with E-state index in [4.69, 9.17) is 9.47 Å². The van der Waals surface area contributed by atoms with Crippen LogP contribution in [0, 0.1) is 0 Å². The Morgan fingerprint density at radius 2 is 2.39 bits per heavy atom. The van der Waals surface area contributed by atoms with Crippen molar-refractivity contribution < 1.29 is 14.3 Å². The van der Waals surface area contributed by atoms with Crippen molar-refractivity contribution >= 4 is 11.6 Å². The molecule has 1 heterocycles. The first-order valence-electron chi connectivity index (χ1n) is 5.97. The van der Waals surface area contributed by atoms with Gasteiger partial charge in [-0.25, -0.2) is 0 Å². The number of morpholine rings is 1. The number of methoxy groups -OCH3 is 1. The number of carbonyl (C=O) groups is 1. The largest absolute Gasteiger partial charge is 0.497 e. The number of likely N-dealkylation sites (N-methyl/N-ethyl adjacent to an activating group) is 1. The number of nitrogens with one attached hydrogen (secondary N) is 1. The smallest absolute Gasteiger partial charge is 0.250 e. The predicted molar refractivity (Wildman–Crippen MR) is 69.0 cm³/mol. The van der Waals surface area contributed by atoms with Crippen molar-refractivity contribution in [1.82, 2.24) is 5.32 Å². The number of ether oxygens (including phenoxy) is 2. The molecule has 1 N–H and O–H groups in total.